The average molecular weight is 417 g/mol. The van der Waals surface area contributed by atoms with Crippen molar-refractivity contribution in [1.29, 1.82) is 0 Å². The summed E-state index contributed by atoms with van der Waals surface area (Å²) in [5.41, 5.74) is 4.93. The van der Waals surface area contributed by atoms with Gasteiger partial charge in [-0.1, -0.05) is 53.8 Å². The van der Waals surface area contributed by atoms with Crippen LogP contribution in [-0.2, 0) is 6.54 Å². The van der Waals surface area contributed by atoms with Crippen LogP contribution in [0.5, 0.6) is 5.75 Å². The van der Waals surface area contributed by atoms with Gasteiger partial charge in [0.2, 0.25) is 0 Å². The highest BCUT2D eigenvalue weighted by atomic mass is 32.1. The van der Waals surface area contributed by atoms with Gasteiger partial charge in [0, 0.05) is 5.56 Å². The molecule has 4 rings (SSSR count). The molecule has 0 unspecified atom stereocenters. The van der Waals surface area contributed by atoms with E-state index in [-0.39, 0.29) is 5.91 Å². The molecule has 0 atom stereocenters. The lowest BCUT2D eigenvalue weighted by Crippen LogP contribution is -2.30. The molecule has 1 heterocycles. The predicted octanol–water partition coefficient (Wildman–Crippen LogP) is 6.16. The highest BCUT2D eigenvalue weighted by molar-refractivity contribution is 7.22. The quantitative estimate of drug-likeness (QED) is 0.378. The third kappa shape index (κ3) is 4.07. The fourth-order valence-corrected chi connectivity index (χ4v) is 4.48. The van der Waals surface area contributed by atoms with Gasteiger partial charge in [-0.05, 0) is 61.7 Å². The minimum atomic E-state index is -0.0729. The molecule has 0 aliphatic rings. The number of ether oxygens (including phenoxy) is 1. The molecule has 0 saturated heterocycles. The first-order valence-electron chi connectivity index (χ1n) is 10.0. The van der Waals surface area contributed by atoms with Crippen molar-refractivity contribution in [3.8, 4) is 5.75 Å². The molecule has 0 spiro atoms. The number of benzene rings is 3. The average Bonchev–Trinajstić information content (AvgIpc) is 3.22. The first-order valence-corrected chi connectivity index (χ1v) is 10.8. The van der Waals surface area contributed by atoms with Gasteiger partial charge in [-0.15, -0.1) is 0 Å². The zero-order chi connectivity index (χ0) is 21.1. The Balaban J connectivity index is 1.75. The molecular formula is C25H24N2O2S. The molecule has 30 heavy (non-hydrogen) atoms. The highest BCUT2D eigenvalue weighted by Crippen LogP contribution is 2.34. The number of carbonyl (C=O) groups is 1. The van der Waals surface area contributed by atoms with Gasteiger partial charge in [-0.25, -0.2) is 4.98 Å². The van der Waals surface area contributed by atoms with E-state index < -0.39 is 0 Å². The van der Waals surface area contributed by atoms with Crippen LogP contribution < -0.4 is 9.64 Å². The molecular weight excluding hydrogens is 392 g/mol. The Kier molecular flexibility index (Phi) is 5.81. The molecule has 3 aromatic carbocycles. The van der Waals surface area contributed by atoms with E-state index in [1.54, 1.807) is 16.2 Å². The molecule has 0 bridgehead atoms. The Morgan fingerprint density at radius 1 is 0.967 bits per heavy atom. The molecule has 4 nitrogen and oxygen atoms in total. The van der Waals surface area contributed by atoms with Gasteiger partial charge in [0.05, 0.1) is 23.4 Å². The molecule has 0 aliphatic heterocycles. The van der Waals surface area contributed by atoms with E-state index in [0.29, 0.717) is 23.8 Å². The van der Waals surface area contributed by atoms with Gasteiger partial charge in [-0.3, -0.25) is 9.69 Å². The summed E-state index contributed by atoms with van der Waals surface area (Å²) < 4.78 is 6.64. The van der Waals surface area contributed by atoms with Crippen molar-refractivity contribution < 1.29 is 9.53 Å². The third-order valence-corrected chi connectivity index (χ3v) is 6.22. The van der Waals surface area contributed by atoms with Crippen LogP contribution in [0.15, 0.2) is 66.7 Å². The molecule has 0 saturated carbocycles. The molecule has 0 aliphatic carbocycles. The van der Waals surface area contributed by atoms with E-state index in [9.17, 15) is 4.79 Å². The Hall–Kier alpha value is -3.18. The zero-order valence-electron chi connectivity index (χ0n) is 17.4. The van der Waals surface area contributed by atoms with Crippen molar-refractivity contribution in [2.45, 2.75) is 27.3 Å². The molecule has 1 aromatic heterocycles. The molecule has 5 heteroatoms. The summed E-state index contributed by atoms with van der Waals surface area (Å²) in [4.78, 5) is 20.2. The van der Waals surface area contributed by atoms with E-state index in [1.807, 2.05) is 61.5 Å². The zero-order valence-corrected chi connectivity index (χ0v) is 18.2. The lowest BCUT2D eigenvalue weighted by Gasteiger charge is -2.20. The molecule has 4 aromatic rings. The number of hydrogen-bond donors (Lipinski definition) is 0. The second-order valence-corrected chi connectivity index (χ2v) is 8.19. The van der Waals surface area contributed by atoms with Crippen molar-refractivity contribution in [2.75, 3.05) is 11.5 Å². The maximum Gasteiger partial charge on any atom is 0.260 e. The van der Waals surface area contributed by atoms with Gasteiger partial charge in [0.1, 0.15) is 5.75 Å². The first kappa shape index (κ1) is 20.1. The maximum absolute atomic E-state index is 13.5. The summed E-state index contributed by atoms with van der Waals surface area (Å²) in [5.74, 6) is 0.686. The Morgan fingerprint density at radius 2 is 1.67 bits per heavy atom. The number of amides is 1. The Morgan fingerprint density at radius 3 is 2.33 bits per heavy atom. The van der Waals surface area contributed by atoms with Gasteiger partial charge in [0.15, 0.2) is 5.13 Å². The smallest absolute Gasteiger partial charge is 0.260 e. The van der Waals surface area contributed by atoms with Crippen molar-refractivity contribution >= 4 is 32.6 Å². The topological polar surface area (TPSA) is 42.4 Å². The summed E-state index contributed by atoms with van der Waals surface area (Å²) in [5, 5.41) is 0.713. The fraction of sp³-hybridized carbons (Fsp3) is 0.200. The number of aryl methyl sites for hydroxylation is 2. The van der Waals surface area contributed by atoms with Crippen LogP contribution in [0.2, 0.25) is 0 Å². The number of carbonyl (C=O) groups excluding carboxylic acids is 1. The largest absolute Gasteiger partial charge is 0.494 e. The highest BCUT2D eigenvalue weighted by Gasteiger charge is 2.22. The monoisotopic (exact) mass is 416 g/mol. The van der Waals surface area contributed by atoms with Crippen molar-refractivity contribution in [3.05, 3.63) is 89.0 Å². The number of nitrogens with zero attached hydrogens (tertiary/aromatic N) is 2. The minimum Gasteiger partial charge on any atom is -0.494 e. The maximum atomic E-state index is 13.5. The fourth-order valence-electron chi connectivity index (χ4n) is 3.37. The van der Waals surface area contributed by atoms with E-state index in [1.165, 1.54) is 5.56 Å². The van der Waals surface area contributed by atoms with Gasteiger partial charge >= 0.3 is 0 Å². The number of anilines is 1. The van der Waals surface area contributed by atoms with E-state index in [2.05, 4.69) is 26.0 Å². The third-order valence-electron chi connectivity index (χ3n) is 5.00. The van der Waals surface area contributed by atoms with E-state index in [4.69, 9.17) is 9.72 Å². The van der Waals surface area contributed by atoms with Crippen LogP contribution >= 0.6 is 11.3 Å². The minimum absolute atomic E-state index is 0.0729. The Bertz CT molecular complexity index is 1130. The second-order valence-electron chi connectivity index (χ2n) is 7.21. The number of aromatic nitrogens is 1. The summed E-state index contributed by atoms with van der Waals surface area (Å²) in [7, 11) is 0. The van der Waals surface area contributed by atoms with Crippen LogP contribution in [0.1, 0.15) is 34.0 Å². The van der Waals surface area contributed by atoms with Gasteiger partial charge in [-0.2, -0.15) is 0 Å². The lowest BCUT2D eigenvalue weighted by atomic mass is 10.1. The summed E-state index contributed by atoms with van der Waals surface area (Å²) in [6.07, 6.45) is 0. The lowest BCUT2D eigenvalue weighted by molar-refractivity contribution is 0.0985. The van der Waals surface area contributed by atoms with Crippen molar-refractivity contribution in [3.63, 3.8) is 0 Å². The van der Waals surface area contributed by atoms with Crippen molar-refractivity contribution in [2.24, 2.45) is 0 Å². The number of thiazole rings is 1. The number of fused-ring (bicyclic) bond motifs is 1. The predicted molar refractivity (Wildman–Crippen MR) is 124 cm³/mol. The molecule has 0 fully saturated rings. The summed E-state index contributed by atoms with van der Waals surface area (Å²) in [6.45, 7) is 7.14. The van der Waals surface area contributed by atoms with Crippen LogP contribution in [0.4, 0.5) is 5.13 Å². The molecule has 152 valence electrons. The summed E-state index contributed by atoms with van der Waals surface area (Å²) >= 11 is 1.57. The number of rotatable bonds is 6. The SMILES string of the molecule is CCOc1ccc(C(=O)N(Cc2ccccc2)c2nc3c(C)ccc(C)c3s2)cc1. The van der Waals surface area contributed by atoms with Gasteiger partial charge in [0.25, 0.3) is 5.91 Å². The van der Waals surface area contributed by atoms with E-state index in [0.717, 1.165) is 27.1 Å². The summed E-state index contributed by atoms with van der Waals surface area (Å²) in [6, 6.07) is 21.5. The van der Waals surface area contributed by atoms with Crippen molar-refractivity contribution in [1.82, 2.24) is 4.98 Å². The first-order chi connectivity index (χ1) is 14.6. The molecule has 0 N–H and O–H groups in total. The van der Waals surface area contributed by atoms with Gasteiger partial charge < -0.3 is 4.74 Å². The number of hydrogen-bond acceptors (Lipinski definition) is 4. The normalized spacial score (nSPS) is 10.9. The second kappa shape index (κ2) is 8.67. The van der Waals surface area contributed by atoms with E-state index >= 15 is 0 Å². The van der Waals surface area contributed by atoms with Crippen LogP contribution in [0.25, 0.3) is 10.2 Å². The Labute approximate surface area is 180 Å². The van der Waals surface area contributed by atoms with Crippen LogP contribution in [0.3, 0.4) is 0 Å². The molecule has 0 radical (unpaired) electrons. The standard InChI is InChI=1S/C25H24N2O2S/c1-4-29-21-14-12-20(13-15-21)24(28)27(16-19-8-6-5-7-9-19)25-26-22-17(2)10-11-18(3)23(22)30-25/h5-15H,4,16H2,1-3H3. The van der Waals surface area contributed by atoms with Crippen LogP contribution in [0, 0.1) is 13.8 Å². The van der Waals surface area contributed by atoms with Crippen LogP contribution in [-0.4, -0.2) is 17.5 Å². The molecule has 1 amide bonds.